The number of aryl methyl sites for hydroxylation is 1. The van der Waals surface area contributed by atoms with E-state index in [1.807, 2.05) is 38.1 Å². The molecule has 0 aromatic heterocycles. The highest BCUT2D eigenvalue weighted by Gasteiger charge is 2.14. The third-order valence-electron chi connectivity index (χ3n) is 3.44. The number of benzene rings is 2. The molecule has 0 radical (unpaired) electrons. The summed E-state index contributed by atoms with van der Waals surface area (Å²) in [4.78, 5) is 23.9. The van der Waals surface area contributed by atoms with Crippen molar-refractivity contribution in [3.05, 3.63) is 59.7 Å². The minimum absolute atomic E-state index is 0.524. The van der Waals surface area contributed by atoms with E-state index in [1.54, 1.807) is 24.3 Å². The summed E-state index contributed by atoms with van der Waals surface area (Å²) < 4.78 is 5.46. The first-order valence-corrected chi connectivity index (χ1v) is 8.09. The molecule has 2 aromatic rings. The number of ether oxygens (including phenoxy) is 1. The van der Waals surface area contributed by atoms with Crippen LogP contribution in [0.3, 0.4) is 0 Å². The van der Waals surface area contributed by atoms with Gasteiger partial charge in [-0.05, 0) is 37.1 Å². The summed E-state index contributed by atoms with van der Waals surface area (Å²) in [5, 5.41) is 6.42. The first-order valence-electron chi connectivity index (χ1n) is 8.09. The fraction of sp³-hybridized carbons (Fsp3) is 0.211. The molecule has 2 aromatic carbocycles. The summed E-state index contributed by atoms with van der Waals surface area (Å²) >= 11 is 0. The normalized spacial score (nSPS) is 10.5. The predicted molar refractivity (Wildman–Crippen MR) is 97.8 cm³/mol. The van der Waals surface area contributed by atoms with Gasteiger partial charge in [-0.1, -0.05) is 37.3 Å². The first-order chi connectivity index (χ1) is 12.2. The Kier molecular flexibility index (Phi) is 6.71. The molecule has 0 aliphatic heterocycles. The lowest BCUT2D eigenvalue weighted by Crippen LogP contribution is -2.32. The number of amides is 2. The smallest absolute Gasteiger partial charge is 0.329 e. The SMILES string of the molecule is CCOc1ccccc1/C=N/NC(=O)C(=O)Nc1ccccc1CC. The number of nitrogens with one attached hydrogen (secondary N) is 2. The van der Waals surface area contributed by atoms with Crippen LogP contribution in [0.1, 0.15) is 25.0 Å². The van der Waals surface area contributed by atoms with Gasteiger partial charge in [-0.3, -0.25) is 9.59 Å². The summed E-state index contributed by atoms with van der Waals surface area (Å²) in [6, 6.07) is 14.6. The largest absolute Gasteiger partial charge is 0.493 e. The Balaban J connectivity index is 1.97. The molecule has 0 saturated heterocycles. The molecular weight excluding hydrogens is 318 g/mol. The van der Waals surface area contributed by atoms with Crippen LogP contribution in [0.4, 0.5) is 5.69 Å². The number of nitrogens with zero attached hydrogens (tertiary/aromatic N) is 1. The first kappa shape index (κ1) is 18.2. The molecule has 0 atom stereocenters. The van der Waals surface area contributed by atoms with E-state index >= 15 is 0 Å². The molecule has 0 spiro atoms. The fourth-order valence-electron chi connectivity index (χ4n) is 2.21. The predicted octanol–water partition coefficient (Wildman–Crippen LogP) is 2.74. The van der Waals surface area contributed by atoms with Crippen molar-refractivity contribution < 1.29 is 14.3 Å². The van der Waals surface area contributed by atoms with Gasteiger partial charge < -0.3 is 10.1 Å². The van der Waals surface area contributed by atoms with Gasteiger partial charge in [-0.2, -0.15) is 5.10 Å². The van der Waals surface area contributed by atoms with Crippen LogP contribution in [0.5, 0.6) is 5.75 Å². The van der Waals surface area contributed by atoms with Gasteiger partial charge in [0.25, 0.3) is 0 Å². The third-order valence-corrected chi connectivity index (χ3v) is 3.44. The van der Waals surface area contributed by atoms with Crippen molar-refractivity contribution in [3.63, 3.8) is 0 Å². The molecule has 0 fully saturated rings. The second kappa shape index (κ2) is 9.22. The van der Waals surface area contributed by atoms with Gasteiger partial charge in [0.2, 0.25) is 0 Å². The Hall–Kier alpha value is -3.15. The minimum atomic E-state index is -0.837. The van der Waals surface area contributed by atoms with Gasteiger partial charge in [0.15, 0.2) is 0 Å². The van der Waals surface area contributed by atoms with E-state index in [2.05, 4.69) is 15.8 Å². The standard InChI is InChI=1S/C19H21N3O3/c1-3-14-9-5-7-11-16(14)21-18(23)19(24)22-20-13-15-10-6-8-12-17(15)25-4-2/h5-13H,3-4H2,1-2H3,(H,21,23)(H,22,24)/b20-13+. The molecule has 25 heavy (non-hydrogen) atoms. The summed E-state index contributed by atoms with van der Waals surface area (Å²) in [7, 11) is 0. The molecule has 2 amide bonds. The lowest BCUT2D eigenvalue weighted by molar-refractivity contribution is -0.136. The van der Waals surface area contributed by atoms with E-state index in [4.69, 9.17) is 4.74 Å². The van der Waals surface area contributed by atoms with Crippen LogP contribution in [-0.2, 0) is 16.0 Å². The zero-order chi connectivity index (χ0) is 18.1. The molecule has 0 bridgehead atoms. The number of anilines is 1. The Bertz CT molecular complexity index is 772. The minimum Gasteiger partial charge on any atom is -0.493 e. The monoisotopic (exact) mass is 339 g/mol. The summed E-state index contributed by atoms with van der Waals surface area (Å²) in [5.74, 6) is -0.948. The van der Waals surface area contributed by atoms with E-state index in [1.165, 1.54) is 6.21 Å². The van der Waals surface area contributed by atoms with Crippen molar-refractivity contribution in [2.45, 2.75) is 20.3 Å². The van der Waals surface area contributed by atoms with Gasteiger partial charge in [0.1, 0.15) is 5.75 Å². The zero-order valence-corrected chi connectivity index (χ0v) is 14.3. The van der Waals surface area contributed by atoms with Crippen LogP contribution in [0, 0.1) is 0 Å². The molecule has 2 N–H and O–H groups in total. The highest BCUT2D eigenvalue weighted by Crippen LogP contribution is 2.16. The Labute approximate surface area is 146 Å². The quantitative estimate of drug-likeness (QED) is 0.482. The number of carbonyl (C=O) groups is 2. The molecule has 6 nitrogen and oxygen atoms in total. The van der Waals surface area contributed by atoms with Gasteiger partial charge >= 0.3 is 11.8 Å². The summed E-state index contributed by atoms with van der Waals surface area (Å²) in [6.07, 6.45) is 2.20. The van der Waals surface area contributed by atoms with Crippen molar-refractivity contribution in [1.82, 2.24) is 5.43 Å². The molecule has 2 rings (SSSR count). The Morgan fingerprint density at radius 2 is 1.76 bits per heavy atom. The highest BCUT2D eigenvalue weighted by atomic mass is 16.5. The van der Waals surface area contributed by atoms with Crippen molar-refractivity contribution >= 4 is 23.7 Å². The maximum absolute atomic E-state index is 12.0. The molecule has 0 aliphatic rings. The third kappa shape index (κ3) is 5.17. The maximum atomic E-state index is 12.0. The van der Waals surface area contributed by atoms with E-state index in [0.717, 1.165) is 12.0 Å². The molecule has 6 heteroatoms. The molecule has 0 saturated carbocycles. The van der Waals surface area contributed by atoms with Gasteiger partial charge in [0.05, 0.1) is 12.8 Å². The maximum Gasteiger partial charge on any atom is 0.329 e. The zero-order valence-electron chi connectivity index (χ0n) is 14.3. The second-order valence-corrected chi connectivity index (χ2v) is 5.13. The van der Waals surface area contributed by atoms with Crippen molar-refractivity contribution in [2.24, 2.45) is 5.10 Å². The van der Waals surface area contributed by atoms with Crippen LogP contribution >= 0.6 is 0 Å². The van der Waals surface area contributed by atoms with E-state index < -0.39 is 11.8 Å². The van der Waals surface area contributed by atoms with Gasteiger partial charge in [-0.15, -0.1) is 0 Å². The summed E-state index contributed by atoms with van der Waals surface area (Å²) in [5.41, 5.74) is 4.51. The van der Waals surface area contributed by atoms with Crippen molar-refractivity contribution in [2.75, 3.05) is 11.9 Å². The van der Waals surface area contributed by atoms with Crippen LogP contribution in [0.15, 0.2) is 53.6 Å². The van der Waals surface area contributed by atoms with Crippen LogP contribution in [-0.4, -0.2) is 24.6 Å². The average molecular weight is 339 g/mol. The fourth-order valence-corrected chi connectivity index (χ4v) is 2.21. The topological polar surface area (TPSA) is 79.8 Å². The number of hydrogen-bond donors (Lipinski definition) is 2. The second-order valence-electron chi connectivity index (χ2n) is 5.13. The van der Waals surface area contributed by atoms with Gasteiger partial charge in [0, 0.05) is 11.3 Å². The Morgan fingerprint density at radius 1 is 1.04 bits per heavy atom. The lowest BCUT2D eigenvalue weighted by atomic mass is 10.1. The Morgan fingerprint density at radius 3 is 2.52 bits per heavy atom. The number of hydrazone groups is 1. The van der Waals surface area contributed by atoms with Crippen LogP contribution < -0.4 is 15.5 Å². The average Bonchev–Trinajstić information content (AvgIpc) is 2.63. The molecule has 130 valence electrons. The summed E-state index contributed by atoms with van der Waals surface area (Å²) in [6.45, 7) is 4.38. The number of carbonyl (C=O) groups excluding carboxylic acids is 2. The van der Waals surface area contributed by atoms with Crippen molar-refractivity contribution in [1.29, 1.82) is 0 Å². The molecule has 0 heterocycles. The van der Waals surface area contributed by atoms with E-state index in [-0.39, 0.29) is 0 Å². The number of para-hydroxylation sites is 2. The van der Waals surface area contributed by atoms with E-state index in [9.17, 15) is 9.59 Å². The van der Waals surface area contributed by atoms with E-state index in [0.29, 0.717) is 23.6 Å². The lowest BCUT2D eigenvalue weighted by Gasteiger charge is -2.08. The highest BCUT2D eigenvalue weighted by molar-refractivity contribution is 6.39. The number of hydrogen-bond acceptors (Lipinski definition) is 4. The molecular formula is C19H21N3O3. The van der Waals surface area contributed by atoms with Crippen molar-refractivity contribution in [3.8, 4) is 5.75 Å². The molecule has 0 unspecified atom stereocenters. The van der Waals surface area contributed by atoms with Crippen LogP contribution in [0.25, 0.3) is 0 Å². The van der Waals surface area contributed by atoms with Gasteiger partial charge in [-0.25, -0.2) is 5.43 Å². The number of rotatable bonds is 6. The molecule has 0 aliphatic carbocycles. The van der Waals surface area contributed by atoms with Crippen LogP contribution in [0.2, 0.25) is 0 Å².